The average molecular weight is 1280 g/mol. The number of aromatic amines is 1. The fraction of sp³-hybridized carbons (Fsp3) is 0.329. The molecule has 14 heteroatoms. The van der Waals surface area contributed by atoms with Gasteiger partial charge in [0.15, 0.2) is 29.1 Å². The van der Waals surface area contributed by atoms with E-state index in [4.69, 9.17) is 63.4 Å². The van der Waals surface area contributed by atoms with E-state index in [0.717, 1.165) is 192 Å². The Morgan fingerprint density at radius 2 is 0.688 bits per heavy atom. The average Bonchev–Trinajstić information content (AvgIpc) is 1.52. The van der Waals surface area contributed by atoms with Gasteiger partial charge in [0.05, 0.1) is 78.7 Å². The number of ether oxygens (including phenoxy) is 6. The first-order valence-electron chi connectivity index (χ1n) is 35.1. The molecule has 1 N–H and O–H groups in total. The maximum absolute atomic E-state index is 7.29. The van der Waals surface area contributed by atoms with Gasteiger partial charge < -0.3 is 33.4 Å². The third-order valence-electron chi connectivity index (χ3n) is 19.2. The lowest BCUT2D eigenvalue weighted by atomic mass is 9.92. The molecule has 8 bridgehead atoms. The lowest BCUT2D eigenvalue weighted by Gasteiger charge is -2.20. The molecule has 11 aromatic rings. The van der Waals surface area contributed by atoms with Gasteiger partial charge in [-0.25, -0.2) is 30.0 Å². The Morgan fingerprint density at radius 1 is 0.333 bits per heavy atom. The van der Waals surface area contributed by atoms with E-state index >= 15 is 0 Å². The second-order valence-corrected chi connectivity index (χ2v) is 25.7. The van der Waals surface area contributed by atoms with E-state index < -0.39 is 0 Å². The number of nitrogens with one attached hydrogen (secondary N) is 1. The van der Waals surface area contributed by atoms with Gasteiger partial charge >= 0.3 is 0 Å². The molecular formula is C82H82N8O6. The number of aryl methyl sites for hydroxylation is 2. The Balaban J connectivity index is 1.14. The Morgan fingerprint density at radius 3 is 1.14 bits per heavy atom. The summed E-state index contributed by atoms with van der Waals surface area (Å²) in [6, 6.07) is 38.6. The second-order valence-electron chi connectivity index (χ2n) is 25.7. The van der Waals surface area contributed by atoms with Gasteiger partial charge in [-0.1, -0.05) is 159 Å². The summed E-state index contributed by atoms with van der Waals surface area (Å²) in [6.07, 6.45) is 12.8. The number of rotatable bonds is 24. The monoisotopic (exact) mass is 1270 g/mol. The zero-order valence-electron chi connectivity index (χ0n) is 56.5. The smallest absolute Gasteiger partial charge is 0.168 e. The zero-order valence-corrected chi connectivity index (χ0v) is 56.5. The molecule has 0 radical (unpaired) electrons. The van der Waals surface area contributed by atoms with Crippen LogP contribution in [0.2, 0.25) is 0 Å². The second kappa shape index (κ2) is 26.7. The first-order valence-corrected chi connectivity index (χ1v) is 35.1. The van der Waals surface area contributed by atoms with Gasteiger partial charge in [-0.05, 0) is 121 Å². The highest BCUT2D eigenvalue weighted by molar-refractivity contribution is 6.40. The molecule has 14 nitrogen and oxygen atoms in total. The molecule has 0 amide bonds. The maximum Gasteiger partial charge on any atom is 0.168 e. The van der Waals surface area contributed by atoms with Gasteiger partial charge in [-0.3, -0.25) is 4.98 Å². The number of fused-ring (bicyclic) bond motifs is 24. The van der Waals surface area contributed by atoms with E-state index in [9.17, 15) is 0 Å². The first-order chi connectivity index (χ1) is 47.2. The third-order valence-corrected chi connectivity index (χ3v) is 19.2. The summed E-state index contributed by atoms with van der Waals surface area (Å²) < 4.78 is 43.2. The molecule has 0 saturated carbocycles. The fourth-order valence-electron chi connectivity index (χ4n) is 14.2. The summed E-state index contributed by atoms with van der Waals surface area (Å²) in [6.45, 7) is 20.3. The highest BCUT2D eigenvalue weighted by Crippen LogP contribution is 2.53. The van der Waals surface area contributed by atoms with Gasteiger partial charge in [0.1, 0.15) is 45.9 Å². The van der Waals surface area contributed by atoms with E-state index in [2.05, 4.69) is 164 Å². The van der Waals surface area contributed by atoms with Crippen molar-refractivity contribution in [3.63, 3.8) is 0 Å². The van der Waals surface area contributed by atoms with Crippen molar-refractivity contribution >= 4 is 122 Å². The number of unbranched alkanes of at least 4 members (excludes halogenated alkanes) is 6. The van der Waals surface area contributed by atoms with E-state index in [1.54, 1.807) is 0 Å². The number of aromatic nitrogens is 2. The standard InChI is InChI=1S/C82H82N8O6/c1-9-15-36-91-71-54-32-25-26-33-55(54)72(92-37-16-10-2)67-66(71)78-84-60-46-61(64-62(60)48(8)56-42-49-28-21-22-29-50(49)43-57(56)73(64)93-38-17-11-3)85-79-68-69(75(95-40-19-13-5)59-45-52-31-24-23-30-51(52)44-58(59)74(68)94-39-18-12-4)82(89-79)90-80-65-63(77(86-80)87-81(67)88-78)47(7)53-34-27-35-83-70(53)76(65)96-41-20-14-6/h21-35,42-45H,9-20,36-41,46H2,1-8H3,(H,84,85,86,87,88,89,90). The van der Waals surface area contributed by atoms with Gasteiger partial charge in [0, 0.05) is 61.4 Å². The lowest BCUT2D eigenvalue weighted by molar-refractivity contribution is 0.305. The van der Waals surface area contributed by atoms with Crippen molar-refractivity contribution in [3.05, 3.63) is 160 Å². The Kier molecular flexibility index (Phi) is 17.3. The number of hydrogen-bond donors (Lipinski definition) is 1. The summed E-state index contributed by atoms with van der Waals surface area (Å²) in [5.41, 5.74) is 8.82. The molecule has 486 valence electrons. The minimum atomic E-state index is 0.292. The molecule has 0 spiro atoms. The summed E-state index contributed by atoms with van der Waals surface area (Å²) in [4.78, 5) is 44.1. The minimum Gasteiger partial charge on any atom is -0.492 e. The molecule has 1 aliphatic carbocycles. The van der Waals surface area contributed by atoms with E-state index in [0.29, 0.717) is 132 Å². The summed E-state index contributed by atoms with van der Waals surface area (Å²) in [5, 5.41) is 12.5. The van der Waals surface area contributed by atoms with Crippen molar-refractivity contribution in [1.29, 1.82) is 0 Å². The van der Waals surface area contributed by atoms with Crippen molar-refractivity contribution in [2.24, 2.45) is 30.0 Å². The van der Waals surface area contributed by atoms with Gasteiger partial charge in [0.2, 0.25) is 0 Å². The molecule has 3 aliphatic heterocycles. The Bertz CT molecular complexity index is 5170. The molecule has 96 heavy (non-hydrogen) atoms. The topological polar surface area (TPSA) is 158 Å². The molecule has 0 saturated heterocycles. The predicted octanol–water partition coefficient (Wildman–Crippen LogP) is 20.5. The van der Waals surface area contributed by atoms with Crippen molar-refractivity contribution in [2.45, 2.75) is 139 Å². The van der Waals surface area contributed by atoms with Crippen LogP contribution in [0.15, 0.2) is 145 Å². The van der Waals surface area contributed by atoms with Crippen LogP contribution in [0.4, 0.5) is 11.6 Å². The fourth-order valence-corrected chi connectivity index (χ4v) is 14.2. The van der Waals surface area contributed by atoms with E-state index in [1.165, 1.54) is 0 Å². The SMILES string of the molecule is CCCCOc1c2c(c(C)c3cc4ccccc4cc13)C1=NC3=NC(=Nc4[nH]c(c5c(OCCCC)c6ncccc6c(C)c45)N=C4N=C(N=C2C1)c1c4c(OCCCC)c2cc4ccccc4cc2c1OCCCC)c1c3c(OCCCC)c2ccccc2c1OCCCC. The maximum atomic E-state index is 7.29. The third kappa shape index (κ3) is 10.8. The normalized spacial score (nSPS) is 13.9. The quantitative estimate of drug-likeness (QED) is 0.0466. The minimum absolute atomic E-state index is 0.292. The van der Waals surface area contributed by atoms with Crippen molar-refractivity contribution in [2.75, 3.05) is 39.6 Å². The number of aliphatic imine (C=N–C) groups is 6. The van der Waals surface area contributed by atoms with Crippen LogP contribution >= 0.6 is 0 Å². The molecule has 9 aromatic carbocycles. The zero-order chi connectivity index (χ0) is 65.6. The molecule has 2 aromatic heterocycles. The highest BCUT2D eigenvalue weighted by Gasteiger charge is 2.40. The van der Waals surface area contributed by atoms with Crippen molar-refractivity contribution in [3.8, 4) is 34.5 Å². The van der Waals surface area contributed by atoms with Gasteiger partial charge in [0.25, 0.3) is 0 Å². The number of amidine groups is 4. The molecule has 5 heterocycles. The number of hydrogen-bond acceptors (Lipinski definition) is 13. The molecule has 4 aliphatic rings. The molecule has 0 unspecified atom stereocenters. The summed E-state index contributed by atoms with van der Waals surface area (Å²) in [7, 11) is 0. The van der Waals surface area contributed by atoms with Crippen LogP contribution in [0.1, 0.15) is 170 Å². The number of nitrogens with zero attached hydrogens (tertiary/aromatic N) is 7. The number of H-pyrrole nitrogens is 1. The predicted molar refractivity (Wildman–Crippen MR) is 396 cm³/mol. The van der Waals surface area contributed by atoms with Crippen LogP contribution in [0.5, 0.6) is 34.5 Å². The van der Waals surface area contributed by atoms with E-state index in [1.807, 2.05) is 12.3 Å². The number of pyridine rings is 1. The number of benzene rings is 9. The molecule has 0 fully saturated rings. The van der Waals surface area contributed by atoms with Crippen LogP contribution in [-0.2, 0) is 0 Å². The largest absolute Gasteiger partial charge is 0.492 e. The van der Waals surface area contributed by atoms with Crippen LogP contribution in [-0.4, -0.2) is 84.4 Å². The van der Waals surface area contributed by atoms with Crippen LogP contribution in [0.25, 0.3) is 75.5 Å². The van der Waals surface area contributed by atoms with Crippen LogP contribution in [0, 0.1) is 13.8 Å². The van der Waals surface area contributed by atoms with Gasteiger partial charge in [-0.15, -0.1) is 0 Å². The summed E-state index contributed by atoms with van der Waals surface area (Å²) >= 11 is 0. The van der Waals surface area contributed by atoms with Crippen molar-refractivity contribution < 1.29 is 28.4 Å². The van der Waals surface area contributed by atoms with Crippen LogP contribution < -0.4 is 28.4 Å². The molecule has 0 atom stereocenters. The van der Waals surface area contributed by atoms with Crippen LogP contribution in [0.3, 0.4) is 0 Å². The Labute approximate surface area is 560 Å². The van der Waals surface area contributed by atoms with E-state index in [-0.39, 0.29) is 0 Å². The lowest BCUT2D eigenvalue weighted by Crippen LogP contribution is -2.11. The van der Waals surface area contributed by atoms with Crippen molar-refractivity contribution in [1.82, 2.24) is 9.97 Å². The Hall–Kier alpha value is -9.95. The molecule has 15 rings (SSSR count). The molecular weight excluding hydrogens is 1190 g/mol. The summed E-state index contributed by atoms with van der Waals surface area (Å²) in [5.74, 6) is 6.72. The van der Waals surface area contributed by atoms with Gasteiger partial charge in [-0.2, -0.15) is 0 Å². The first kappa shape index (κ1) is 62.2. The highest BCUT2D eigenvalue weighted by atomic mass is 16.5.